The largest absolute Gasteiger partial charge is 0.454 e. The number of rotatable bonds is 5. The van der Waals surface area contributed by atoms with E-state index in [1.165, 1.54) is 0 Å². The Labute approximate surface area is 153 Å². The van der Waals surface area contributed by atoms with Crippen LogP contribution in [0.4, 0.5) is 5.69 Å². The van der Waals surface area contributed by atoms with Gasteiger partial charge < -0.3 is 14.8 Å². The van der Waals surface area contributed by atoms with Gasteiger partial charge in [0.15, 0.2) is 21.3 Å². The maximum absolute atomic E-state index is 12.5. The van der Waals surface area contributed by atoms with E-state index in [1.807, 2.05) is 32.9 Å². The Hall–Kier alpha value is -2.54. The van der Waals surface area contributed by atoms with Crippen molar-refractivity contribution in [2.24, 2.45) is 0 Å². The van der Waals surface area contributed by atoms with Gasteiger partial charge in [-0.2, -0.15) is 0 Å². The highest BCUT2D eigenvalue weighted by molar-refractivity contribution is 7.91. The second kappa shape index (κ2) is 6.99. The molecule has 0 radical (unpaired) electrons. The van der Waals surface area contributed by atoms with Crippen LogP contribution in [0.2, 0.25) is 0 Å². The van der Waals surface area contributed by atoms with Crippen molar-refractivity contribution in [3.8, 4) is 11.5 Å². The van der Waals surface area contributed by atoms with E-state index in [2.05, 4.69) is 5.32 Å². The van der Waals surface area contributed by atoms with E-state index in [4.69, 9.17) is 9.47 Å². The molecule has 0 aromatic heterocycles. The zero-order chi connectivity index (χ0) is 18.9. The number of fused-ring (bicyclic) bond motifs is 1. The van der Waals surface area contributed by atoms with Crippen LogP contribution in [-0.2, 0) is 20.4 Å². The molecule has 1 amide bonds. The maximum Gasteiger partial charge on any atom is 0.239 e. The first-order valence-electron chi connectivity index (χ1n) is 8.20. The number of hydrogen-bond donors (Lipinski definition) is 1. The summed E-state index contributed by atoms with van der Waals surface area (Å²) in [6, 6.07) is 8.83. The first-order chi connectivity index (χ1) is 12.2. The predicted octanol–water partition coefficient (Wildman–Crippen LogP) is 2.89. The van der Waals surface area contributed by atoms with Gasteiger partial charge in [-0.1, -0.05) is 17.7 Å². The van der Waals surface area contributed by atoms with Crippen LogP contribution >= 0.6 is 0 Å². The number of aryl methyl sites for hydroxylation is 3. The molecule has 0 atom stereocenters. The Bertz CT molecular complexity index is 943. The molecule has 1 aliphatic heterocycles. The summed E-state index contributed by atoms with van der Waals surface area (Å²) < 4.78 is 35.4. The van der Waals surface area contributed by atoms with Gasteiger partial charge in [-0.3, -0.25) is 4.79 Å². The van der Waals surface area contributed by atoms with Crippen molar-refractivity contribution < 1.29 is 22.7 Å². The van der Waals surface area contributed by atoms with Crippen LogP contribution in [0, 0.1) is 20.8 Å². The molecule has 7 heteroatoms. The number of sulfone groups is 1. The quantitative estimate of drug-likeness (QED) is 0.869. The summed E-state index contributed by atoms with van der Waals surface area (Å²) in [7, 11) is -3.59. The second-order valence-corrected chi connectivity index (χ2v) is 8.59. The molecule has 0 aliphatic carbocycles. The lowest BCUT2D eigenvalue weighted by atomic mass is 10.0. The average Bonchev–Trinajstić information content (AvgIpc) is 2.98. The minimum atomic E-state index is -3.59. The fraction of sp³-hybridized carbons (Fsp3) is 0.316. The van der Waals surface area contributed by atoms with Crippen LogP contribution in [0.3, 0.4) is 0 Å². The molecule has 1 N–H and O–H groups in total. The summed E-state index contributed by atoms with van der Waals surface area (Å²) in [6.45, 7) is 5.88. The highest BCUT2D eigenvalue weighted by atomic mass is 32.2. The maximum atomic E-state index is 12.5. The molecular weight excluding hydrogens is 354 g/mol. The molecule has 0 fully saturated rings. The number of amides is 1. The number of carbonyl (C=O) groups excluding carboxylic acids is 1. The lowest BCUT2D eigenvalue weighted by Gasteiger charge is -2.12. The number of benzene rings is 2. The third-order valence-electron chi connectivity index (χ3n) is 4.21. The summed E-state index contributed by atoms with van der Waals surface area (Å²) in [4.78, 5) is 12.2. The minimum absolute atomic E-state index is 0.135. The molecule has 2 aromatic carbocycles. The number of nitrogens with one attached hydrogen (secondary N) is 1. The molecule has 0 saturated carbocycles. The Morgan fingerprint density at radius 2 is 1.69 bits per heavy atom. The predicted molar refractivity (Wildman–Crippen MR) is 99.3 cm³/mol. The molecule has 6 nitrogen and oxygen atoms in total. The summed E-state index contributed by atoms with van der Waals surface area (Å²) in [5, 5.41) is 2.60. The normalized spacial score (nSPS) is 12.9. The van der Waals surface area contributed by atoms with E-state index in [-0.39, 0.29) is 12.5 Å². The smallest absolute Gasteiger partial charge is 0.239 e. The second-order valence-electron chi connectivity index (χ2n) is 6.53. The van der Waals surface area contributed by atoms with E-state index in [9.17, 15) is 13.2 Å². The third-order valence-corrected chi connectivity index (χ3v) is 5.64. The molecule has 3 rings (SSSR count). The van der Waals surface area contributed by atoms with E-state index < -0.39 is 21.5 Å². The molecule has 0 spiro atoms. The van der Waals surface area contributed by atoms with Gasteiger partial charge >= 0.3 is 0 Å². The van der Waals surface area contributed by atoms with Crippen molar-refractivity contribution >= 4 is 21.4 Å². The van der Waals surface area contributed by atoms with E-state index >= 15 is 0 Å². The summed E-state index contributed by atoms with van der Waals surface area (Å²) in [5.74, 6) is -0.183. The first kappa shape index (κ1) is 18.3. The Kier molecular flexibility index (Phi) is 4.91. The summed E-state index contributed by atoms with van der Waals surface area (Å²) >= 11 is 0. The lowest BCUT2D eigenvalue weighted by molar-refractivity contribution is -0.113. The van der Waals surface area contributed by atoms with Crippen molar-refractivity contribution in [1.29, 1.82) is 0 Å². The molecule has 0 saturated heterocycles. The van der Waals surface area contributed by atoms with Gasteiger partial charge in [-0.15, -0.1) is 0 Å². The van der Waals surface area contributed by atoms with Gasteiger partial charge in [0, 0.05) is 11.8 Å². The fourth-order valence-electron chi connectivity index (χ4n) is 3.08. The van der Waals surface area contributed by atoms with Crippen LogP contribution in [0.5, 0.6) is 11.5 Å². The average molecular weight is 375 g/mol. The third kappa shape index (κ3) is 4.16. The molecular formula is C19H21NO5S. The van der Waals surface area contributed by atoms with Crippen LogP contribution < -0.4 is 14.8 Å². The van der Waals surface area contributed by atoms with Crippen molar-refractivity contribution in [1.82, 2.24) is 0 Å². The van der Waals surface area contributed by atoms with Crippen LogP contribution in [0.25, 0.3) is 0 Å². The lowest BCUT2D eigenvalue weighted by Crippen LogP contribution is -2.24. The highest BCUT2D eigenvalue weighted by Gasteiger charge is 2.21. The summed E-state index contributed by atoms with van der Waals surface area (Å²) in [6.07, 6.45) is 0. The Morgan fingerprint density at radius 3 is 2.38 bits per heavy atom. The van der Waals surface area contributed by atoms with Crippen molar-refractivity contribution in [2.45, 2.75) is 26.5 Å². The molecule has 0 unspecified atom stereocenters. The highest BCUT2D eigenvalue weighted by Crippen LogP contribution is 2.34. The van der Waals surface area contributed by atoms with Crippen LogP contribution in [0.1, 0.15) is 22.3 Å². The zero-order valence-corrected chi connectivity index (χ0v) is 15.8. The number of hydrogen-bond acceptors (Lipinski definition) is 5. The SMILES string of the molecule is Cc1cc(C)c(CS(=O)(=O)CC(=O)Nc2ccc3c(c2)OCO3)c(C)c1. The van der Waals surface area contributed by atoms with E-state index in [0.717, 1.165) is 22.3 Å². The number of carbonyl (C=O) groups is 1. The number of ether oxygens (including phenoxy) is 2. The van der Waals surface area contributed by atoms with Gasteiger partial charge in [0.25, 0.3) is 0 Å². The molecule has 1 aliphatic rings. The topological polar surface area (TPSA) is 81.7 Å². The van der Waals surface area contributed by atoms with Crippen molar-refractivity contribution in [2.75, 3.05) is 17.9 Å². The number of anilines is 1. The van der Waals surface area contributed by atoms with Crippen molar-refractivity contribution in [3.63, 3.8) is 0 Å². The van der Waals surface area contributed by atoms with Crippen molar-refractivity contribution in [3.05, 3.63) is 52.6 Å². The zero-order valence-electron chi connectivity index (χ0n) is 15.0. The first-order valence-corrected chi connectivity index (χ1v) is 10.0. The van der Waals surface area contributed by atoms with E-state index in [1.54, 1.807) is 18.2 Å². The standard InChI is InChI=1S/C19H21NO5S/c1-12-6-13(2)16(14(3)7-12)9-26(22,23)10-19(21)20-15-4-5-17-18(8-15)25-11-24-17/h4-8H,9-11H2,1-3H3,(H,20,21). The van der Waals surface area contributed by atoms with E-state index in [0.29, 0.717) is 17.2 Å². The Balaban J connectivity index is 1.68. The van der Waals surface area contributed by atoms with Gasteiger partial charge in [0.1, 0.15) is 5.75 Å². The van der Waals surface area contributed by atoms with Crippen LogP contribution in [-0.4, -0.2) is 26.9 Å². The minimum Gasteiger partial charge on any atom is -0.454 e. The monoisotopic (exact) mass is 375 g/mol. The molecule has 1 heterocycles. The molecule has 0 bridgehead atoms. The van der Waals surface area contributed by atoms with Gasteiger partial charge in [0.2, 0.25) is 12.7 Å². The fourth-order valence-corrected chi connectivity index (χ4v) is 4.55. The molecule has 138 valence electrons. The van der Waals surface area contributed by atoms with Gasteiger partial charge in [-0.05, 0) is 49.6 Å². The molecule has 2 aromatic rings. The Morgan fingerprint density at radius 1 is 1.04 bits per heavy atom. The van der Waals surface area contributed by atoms with Gasteiger partial charge in [-0.25, -0.2) is 8.42 Å². The van der Waals surface area contributed by atoms with Crippen LogP contribution in [0.15, 0.2) is 30.3 Å². The molecule has 26 heavy (non-hydrogen) atoms. The summed E-state index contributed by atoms with van der Waals surface area (Å²) in [5.41, 5.74) is 4.15. The van der Waals surface area contributed by atoms with Gasteiger partial charge in [0.05, 0.1) is 5.75 Å².